The number of pyridine rings is 2. The number of ketones is 1. The molecule has 4 aromatic rings. The summed E-state index contributed by atoms with van der Waals surface area (Å²) >= 11 is 0. The Morgan fingerprint density at radius 1 is 1.00 bits per heavy atom. The highest BCUT2D eigenvalue weighted by Crippen LogP contribution is 2.26. The molecule has 0 atom stereocenters. The molecular formula is C20H16N4O. The lowest BCUT2D eigenvalue weighted by Crippen LogP contribution is -2.06. The molecule has 0 amide bonds. The monoisotopic (exact) mass is 328 g/mol. The van der Waals surface area contributed by atoms with Crippen LogP contribution in [0.3, 0.4) is 0 Å². The third-order valence-corrected chi connectivity index (χ3v) is 4.08. The lowest BCUT2D eigenvalue weighted by atomic mass is 10.0. The number of hydrogen-bond donors (Lipinski definition) is 0. The van der Waals surface area contributed by atoms with E-state index in [9.17, 15) is 4.79 Å². The van der Waals surface area contributed by atoms with Crippen LogP contribution in [-0.4, -0.2) is 25.5 Å². The molecule has 3 heterocycles. The number of carbonyl (C=O) groups excluding carboxylic acids is 1. The molecule has 0 bridgehead atoms. The van der Waals surface area contributed by atoms with Crippen molar-refractivity contribution in [2.75, 3.05) is 0 Å². The fourth-order valence-electron chi connectivity index (χ4n) is 2.98. The van der Waals surface area contributed by atoms with Crippen LogP contribution in [0.5, 0.6) is 0 Å². The van der Waals surface area contributed by atoms with Crippen molar-refractivity contribution < 1.29 is 4.79 Å². The summed E-state index contributed by atoms with van der Waals surface area (Å²) in [5, 5.41) is 5.39. The van der Waals surface area contributed by atoms with Crippen molar-refractivity contribution in [1.82, 2.24) is 19.7 Å². The molecule has 0 aliphatic heterocycles. The van der Waals surface area contributed by atoms with Crippen LogP contribution in [0.25, 0.3) is 16.7 Å². The average molecular weight is 328 g/mol. The van der Waals surface area contributed by atoms with E-state index in [1.54, 1.807) is 23.0 Å². The van der Waals surface area contributed by atoms with Crippen LogP contribution in [0.4, 0.5) is 0 Å². The van der Waals surface area contributed by atoms with Gasteiger partial charge in [-0.05, 0) is 44.2 Å². The number of aromatic nitrogens is 4. The van der Waals surface area contributed by atoms with Crippen LogP contribution >= 0.6 is 0 Å². The first-order chi connectivity index (χ1) is 12.1. The third-order valence-electron chi connectivity index (χ3n) is 4.08. The van der Waals surface area contributed by atoms with Gasteiger partial charge in [0.1, 0.15) is 5.69 Å². The molecule has 0 radical (unpaired) electrons. The van der Waals surface area contributed by atoms with Gasteiger partial charge >= 0.3 is 0 Å². The second-order valence-corrected chi connectivity index (χ2v) is 5.89. The summed E-state index contributed by atoms with van der Waals surface area (Å²) in [6, 6.07) is 16.9. The highest BCUT2D eigenvalue weighted by Gasteiger charge is 2.20. The molecule has 0 fully saturated rings. The highest BCUT2D eigenvalue weighted by molar-refractivity contribution is 6.15. The van der Waals surface area contributed by atoms with Crippen molar-refractivity contribution in [3.63, 3.8) is 0 Å². The summed E-state index contributed by atoms with van der Waals surface area (Å²) in [6.07, 6.45) is 1.62. The number of para-hydroxylation sites is 1. The minimum atomic E-state index is -0.119. The van der Waals surface area contributed by atoms with Gasteiger partial charge in [-0.25, -0.2) is 9.67 Å². The van der Waals surface area contributed by atoms with Crippen LogP contribution in [0.15, 0.2) is 60.8 Å². The Labute approximate surface area is 145 Å². The molecule has 0 N–H and O–H groups in total. The maximum atomic E-state index is 13.0. The maximum Gasteiger partial charge on any atom is 0.212 e. The molecule has 25 heavy (non-hydrogen) atoms. The second-order valence-electron chi connectivity index (χ2n) is 5.89. The predicted octanol–water partition coefficient (Wildman–Crippen LogP) is 3.66. The second kappa shape index (κ2) is 5.94. The maximum absolute atomic E-state index is 13.0. The molecule has 0 saturated heterocycles. The first kappa shape index (κ1) is 15.2. The first-order valence-corrected chi connectivity index (χ1v) is 8.03. The molecule has 4 rings (SSSR count). The Kier molecular flexibility index (Phi) is 3.61. The van der Waals surface area contributed by atoms with Gasteiger partial charge in [0.05, 0.1) is 16.8 Å². The van der Waals surface area contributed by atoms with Crippen molar-refractivity contribution >= 4 is 16.8 Å². The van der Waals surface area contributed by atoms with Gasteiger partial charge in [-0.1, -0.05) is 24.3 Å². The lowest BCUT2D eigenvalue weighted by Gasteiger charge is -2.06. The Morgan fingerprint density at radius 2 is 1.76 bits per heavy atom. The van der Waals surface area contributed by atoms with Gasteiger partial charge < -0.3 is 0 Å². The summed E-state index contributed by atoms with van der Waals surface area (Å²) in [5.74, 6) is -0.119. The van der Waals surface area contributed by atoms with Gasteiger partial charge in [-0.2, -0.15) is 5.10 Å². The fourth-order valence-corrected chi connectivity index (χ4v) is 2.98. The number of nitrogens with zero attached hydrogens (tertiary/aromatic N) is 4. The molecular weight excluding hydrogens is 312 g/mol. The van der Waals surface area contributed by atoms with E-state index in [1.807, 2.05) is 56.3 Å². The Balaban J connectivity index is 1.98. The summed E-state index contributed by atoms with van der Waals surface area (Å²) in [6.45, 7) is 3.78. The van der Waals surface area contributed by atoms with Crippen LogP contribution in [0.1, 0.15) is 27.4 Å². The zero-order chi connectivity index (χ0) is 17.4. The van der Waals surface area contributed by atoms with Gasteiger partial charge in [-0.3, -0.25) is 9.78 Å². The molecule has 1 aromatic carbocycles. The third kappa shape index (κ3) is 2.59. The van der Waals surface area contributed by atoms with E-state index >= 15 is 0 Å². The van der Waals surface area contributed by atoms with Crippen LogP contribution in [0.2, 0.25) is 0 Å². The minimum absolute atomic E-state index is 0.119. The molecule has 122 valence electrons. The van der Waals surface area contributed by atoms with Crippen LogP contribution in [0, 0.1) is 13.8 Å². The standard InChI is InChI=1S/C20H16N4O/c1-13-12-16(19(25)17-10-6-7-11-21-17)18-14(2)23-24(20(18)22-13)15-8-4-3-5-9-15/h3-12H,1-2H3. The Bertz CT molecular complexity index is 1070. The van der Waals surface area contributed by atoms with Gasteiger partial charge in [0.15, 0.2) is 5.65 Å². The van der Waals surface area contributed by atoms with Crippen molar-refractivity contribution in [2.24, 2.45) is 0 Å². The highest BCUT2D eigenvalue weighted by atomic mass is 16.1. The quantitative estimate of drug-likeness (QED) is 0.538. The number of hydrogen-bond acceptors (Lipinski definition) is 4. The molecule has 0 unspecified atom stereocenters. The van der Waals surface area contributed by atoms with Crippen molar-refractivity contribution in [2.45, 2.75) is 13.8 Å². The van der Waals surface area contributed by atoms with E-state index in [1.165, 1.54) is 0 Å². The molecule has 0 spiro atoms. The van der Waals surface area contributed by atoms with Crippen molar-refractivity contribution in [3.05, 3.63) is 83.4 Å². The number of fused-ring (bicyclic) bond motifs is 1. The summed E-state index contributed by atoms with van der Waals surface area (Å²) in [5.41, 5.74) is 4.13. The summed E-state index contributed by atoms with van der Waals surface area (Å²) < 4.78 is 1.78. The van der Waals surface area contributed by atoms with E-state index < -0.39 is 0 Å². The molecule has 0 aliphatic rings. The zero-order valence-electron chi connectivity index (χ0n) is 14.0. The Morgan fingerprint density at radius 3 is 2.48 bits per heavy atom. The van der Waals surface area contributed by atoms with E-state index in [0.29, 0.717) is 16.9 Å². The van der Waals surface area contributed by atoms with E-state index in [4.69, 9.17) is 0 Å². The smallest absolute Gasteiger partial charge is 0.212 e. The van der Waals surface area contributed by atoms with Crippen molar-refractivity contribution in [3.8, 4) is 5.69 Å². The molecule has 5 heteroatoms. The number of benzene rings is 1. The lowest BCUT2D eigenvalue weighted by molar-refractivity contribution is 0.103. The average Bonchev–Trinajstić information content (AvgIpc) is 2.98. The van der Waals surface area contributed by atoms with Gasteiger partial charge in [0, 0.05) is 17.5 Å². The van der Waals surface area contributed by atoms with Gasteiger partial charge in [0.25, 0.3) is 0 Å². The SMILES string of the molecule is Cc1cc(C(=O)c2ccccn2)c2c(C)nn(-c3ccccc3)c2n1. The minimum Gasteiger partial charge on any atom is -0.287 e. The number of carbonyl (C=O) groups is 1. The Hall–Kier alpha value is -3.34. The van der Waals surface area contributed by atoms with E-state index in [2.05, 4.69) is 15.1 Å². The van der Waals surface area contributed by atoms with Crippen molar-refractivity contribution in [1.29, 1.82) is 0 Å². The molecule has 0 saturated carbocycles. The van der Waals surface area contributed by atoms with Crippen LogP contribution < -0.4 is 0 Å². The molecule has 3 aromatic heterocycles. The fraction of sp³-hybridized carbons (Fsp3) is 0.100. The van der Waals surface area contributed by atoms with Gasteiger partial charge in [-0.15, -0.1) is 0 Å². The number of aryl methyl sites for hydroxylation is 2. The van der Waals surface area contributed by atoms with E-state index in [0.717, 1.165) is 22.5 Å². The van der Waals surface area contributed by atoms with Gasteiger partial charge in [0.2, 0.25) is 5.78 Å². The zero-order valence-corrected chi connectivity index (χ0v) is 14.0. The summed E-state index contributed by atoms with van der Waals surface area (Å²) in [4.78, 5) is 21.8. The van der Waals surface area contributed by atoms with E-state index in [-0.39, 0.29) is 5.78 Å². The first-order valence-electron chi connectivity index (χ1n) is 8.03. The number of rotatable bonds is 3. The largest absolute Gasteiger partial charge is 0.287 e. The topological polar surface area (TPSA) is 60.7 Å². The summed E-state index contributed by atoms with van der Waals surface area (Å²) in [7, 11) is 0. The molecule has 0 aliphatic carbocycles. The van der Waals surface area contributed by atoms with Crippen LogP contribution in [-0.2, 0) is 0 Å². The normalized spacial score (nSPS) is 11.0. The predicted molar refractivity (Wildman–Crippen MR) is 96.0 cm³/mol. The molecule has 5 nitrogen and oxygen atoms in total.